The molecule has 1 saturated heterocycles. The summed E-state index contributed by atoms with van der Waals surface area (Å²) >= 11 is 0. The lowest BCUT2D eigenvalue weighted by atomic mass is 10.1. The lowest BCUT2D eigenvalue weighted by Crippen LogP contribution is -2.39. The van der Waals surface area contributed by atoms with Gasteiger partial charge in [-0.25, -0.2) is 0 Å². The van der Waals surface area contributed by atoms with Crippen LogP contribution in [0.4, 0.5) is 11.4 Å². The average molecular weight is 389 g/mol. The van der Waals surface area contributed by atoms with Gasteiger partial charge < -0.3 is 20.4 Å². The summed E-state index contributed by atoms with van der Waals surface area (Å²) in [4.78, 5) is 40.2. The standard InChI is InChI=1S/C21H32N4O3/c1-4-25(12-11-24-9-7-5-6-8-10-24)21(28)18-13-19(22-16(2)26)15-20(14-18)23-17(3)27/h13-15H,4-12H2,1-3H3,(H,22,26)(H,23,27). The third-order valence-electron chi connectivity index (χ3n) is 4.87. The molecule has 0 saturated carbocycles. The molecule has 154 valence electrons. The highest BCUT2D eigenvalue weighted by Crippen LogP contribution is 2.21. The maximum atomic E-state index is 13.1. The maximum Gasteiger partial charge on any atom is 0.254 e. The quantitative estimate of drug-likeness (QED) is 0.752. The van der Waals surface area contributed by atoms with Gasteiger partial charge in [0.15, 0.2) is 0 Å². The molecule has 2 rings (SSSR count). The molecule has 1 aliphatic heterocycles. The highest BCUT2D eigenvalue weighted by Gasteiger charge is 2.18. The van der Waals surface area contributed by atoms with Gasteiger partial charge in [0.2, 0.25) is 11.8 Å². The third-order valence-corrected chi connectivity index (χ3v) is 4.87. The number of likely N-dealkylation sites (N-methyl/N-ethyl adjacent to an activating group) is 1. The van der Waals surface area contributed by atoms with Crippen LogP contribution in [0.25, 0.3) is 0 Å². The Balaban J connectivity index is 2.13. The van der Waals surface area contributed by atoms with Gasteiger partial charge in [-0.2, -0.15) is 0 Å². The van der Waals surface area contributed by atoms with E-state index < -0.39 is 0 Å². The summed E-state index contributed by atoms with van der Waals surface area (Å²) < 4.78 is 0. The molecule has 1 heterocycles. The zero-order chi connectivity index (χ0) is 20.5. The van der Waals surface area contributed by atoms with E-state index in [-0.39, 0.29) is 17.7 Å². The van der Waals surface area contributed by atoms with Crippen LogP contribution < -0.4 is 10.6 Å². The molecule has 1 aromatic carbocycles. The molecule has 0 radical (unpaired) electrons. The molecule has 3 amide bonds. The van der Waals surface area contributed by atoms with Crippen LogP contribution in [0.15, 0.2) is 18.2 Å². The van der Waals surface area contributed by atoms with Crippen molar-refractivity contribution in [3.05, 3.63) is 23.8 Å². The Hall–Kier alpha value is -2.41. The molecule has 0 unspecified atom stereocenters. The second kappa shape index (κ2) is 10.8. The first kappa shape index (κ1) is 21.9. The van der Waals surface area contributed by atoms with E-state index in [0.717, 1.165) is 19.6 Å². The van der Waals surface area contributed by atoms with E-state index in [0.29, 0.717) is 30.0 Å². The minimum atomic E-state index is -0.230. The summed E-state index contributed by atoms with van der Waals surface area (Å²) in [5.74, 6) is -0.560. The molecular weight excluding hydrogens is 356 g/mol. The van der Waals surface area contributed by atoms with Crippen LogP contribution in [0.1, 0.15) is 56.8 Å². The van der Waals surface area contributed by atoms with E-state index in [1.54, 1.807) is 18.2 Å². The van der Waals surface area contributed by atoms with Gasteiger partial charge in [-0.1, -0.05) is 12.8 Å². The van der Waals surface area contributed by atoms with Crippen LogP contribution in [-0.2, 0) is 9.59 Å². The van der Waals surface area contributed by atoms with Gasteiger partial charge in [-0.05, 0) is 51.1 Å². The summed E-state index contributed by atoms with van der Waals surface area (Å²) in [6.45, 7) is 9.10. The maximum absolute atomic E-state index is 13.1. The molecule has 1 aliphatic rings. The molecule has 1 fully saturated rings. The van der Waals surface area contributed by atoms with Gasteiger partial charge in [0, 0.05) is 50.4 Å². The molecule has 1 aromatic rings. The fourth-order valence-electron chi connectivity index (χ4n) is 3.51. The normalized spacial score (nSPS) is 14.8. The number of likely N-dealkylation sites (tertiary alicyclic amines) is 1. The fraction of sp³-hybridized carbons (Fsp3) is 0.571. The number of benzene rings is 1. The van der Waals surface area contributed by atoms with E-state index in [4.69, 9.17) is 0 Å². The van der Waals surface area contributed by atoms with Crippen LogP contribution in [0.2, 0.25) is 0 Å². The van der Waals surface area contributed by atoms with Crippen molar-refractivity contribution in [2.24, 2.45) is 0 Å². The van der Waals surface area contributed by atoms with Gasteiger partial charge in [0.1, 0.15) is 0 Å². The van der Waals surface area contributed by atoms with Gasteiger partial charge in [-0.15, -0.1) is 0 Å². The highest BCUT2D eigenvalue weighted by molar-refractivity contribution is 5.99. The number of hydrogen-bond acceptors (Lipinski definition) is 4. The molecule has 0 spiro atoms. The summed E-state index contributed by atoms with van der Waals surface area (Å²) in [5.41, 5.74) is 1.43. The zero-order valence-electron chi connectivity index (χ0n) is 17.2. The summed E-state index contributed by atoms with van der Waals surface area (Å²) in [7, 11) is 0. The van der Waals surface area contributed by atoms with Gasteiger partial charge >= 0.3 is 0 Å². The van der Waals surface area contributed by atoms with E-state index in [2.05, 4.69) is 15.5 Å². The SMILES string of the molecule is CCN(CCN1CCCCCC1)C(=O)c1cc(NC(C)=O)cc(NC(C)=O)c1. The Morgan fingerprint density at radius 1 is 0.929 bits per heavy atom. The van der Waals surface area contributed by atoms with Gasteiger partial charge in [0.25, 0.3) is 5.91 Å². The predicted octanol–water partition coefficient (Wildman–Crippen LogP) is 2.94. The number of amides is 3. The molecule has 0 aromatic heterocycles. The van der Waals surface area contributed by atoms with Crippen LogP contribution in [0, 0.1) is 0 Å². The number of carbonyl (C=O) groups is 3. The Kier molecular flexibility index (Phi) is 8.44. The molecule has 7 nitrogen and oxygen atoms in total. The first-order valence-corrected chi connectivity index (χ1v) is 10.1. The number of rotatable bonds is 7. The molecule has 28 heavy (non-hydrogen) atoms. The van der Waals surface area contributed by atoms with Crippen molar-refractivity contribution in [2.75, 3.05) is 43.4 Å². The second-order valence-electron chi connectivity index (χ2n) is 7.30. The van der Waals surface area contributed by atoms with Crippen molar-refractivity contribution in [3.63, 3.8) is 0 Å². The minimum Gasteiger partial charge on any atom is -0.338 e. The van der Waals surface area contributed by atoms with E-state index in [9.17, 15) is 14.4 Å². The molecule has 0 aliphatic carbocycles. The lowest BCUT2D eigenvalue weighted by molar-refractivity contribution is -0.115. The Morgan fingerprint density at radius 2 is 1.46 bits per heavy atom. The number of carbonyl (C=O) groups excluding carboxylic acids is 3. The first-order chi connectivity index (χ1) is 13.4. The third kappa shape index (κ3) is 6.96. The monoisotopic (exact) mass is 388 g/mol. The Bertz CT molecular complexity index is 663. The van der Waals surface area contributed by atoms with Crippen LogP contribution >= 0.6 is 0 Å². The minimum absolute atomic E-state index is 0.101. The predicted molar refractivity (Wildman–Crippen MR) is 112 cm³/mol. The summed E-state index contributed by atoms with van der Waals surface area (Å²) in [6, 6.07) is 4.96. The van der Waals surface area contributed by atoms with E-state index in [1.807, 2.05) is 11.8 Å². The number of nitrogens with zero attached hydrogens (tertiary/aromatic N) is 2. The second-order valence-corrected chi connectivity index (χ2v) is 7.30. The summed E-state index contributed by atoms with van der Waals surface area (Å²) in [6.07, 6.45) is 5.02. The van der Waals surface area contributed by atoms with Crippen molar-refractivity contribution in [1.82, 2.24) is 9.80 Å². The smallest absolute Gasteiger partial charge is 0.254 e. The van der Waals surface area contributed by atoms with E-state index >= 15 is 0 Å². The fourth-order valence-corrected chi connectivity index (χ4v) is 3.51. The molecular formula is C21H32N4O3. The number of anilines is 2. The topological polar surface area (TPSA) is 81.8 Å². The molecule has 0 bridgehead atoms. The highest BCUT2D eigenvalue weighted by atomic mass is 16.2. The zero-order valence-corrected chi connectivity index (χ0v) is 17.2. The number of hydrogen-bond donors (Lipinski definition) is 2. The van der Waals surface area contributed by atoms with Crippen molar-refractivity contribution < 1.29 is 14.4 Å². The van der Waals surface area contributed by atoms with Gasteiger partial charge in [0.05, 0.1) is 0 Å². The first-order valence-electron chi connectivity index (χ1n) is 10.1. The van der Waals surface area contributed by atoms with Crippen molar-refractivity contribution >= 4 is 29.1 Å². The molecule has 2 N–H and O–H groups in total. The molecule has 0 atom stereocenters. The van der Waals surface area contributed by atoms with Crippen molar-refractivity contribution in [2.45, 2.75) is 46.5 Å². The lowest BCUT2D eigenvalue weighted by Gasteiger charge is -2.26. The average Bonchev–Trinajstić information content (AvgIpc) is 2.89. The number of nitrogens with one attached hydrogen (secondary N) is 2. The Labute approximate surface area is 167 Å². The van der Waals surface area contributed by atoms with Crippen LogP contribution in [0.3, 0.4) is 0 Å². The van der Waals surface area contributed by atoms with Gasteiger partial charge in [-0.3, -0.25) is 14.4 Å². The van der Waals surface area contributed by atoms with E-state index in [1.165, 1.54) is 39.5 Å². The van der Waals surface area contributed by atoms with Crippen molar-refractivity contribution in [1.29, 1.82) is 0 Å². The summed E-state index contributed by atoms with van der Waals surface area (Å²) in [5, 5.41) is 5.38. The molecule has 7 heteroatoms. The van der Waals surface area contributed by atoms with Crippen LogP contribution in [-0.4, -0.2) is 60.2 Å². The van der Waals surface area contributed by atoms with Crippen LogP contribution in [0.5, 0.6) is 0 Å². The van der Waals surface area contributed by atoms with Crippen molar-refractivity contribution in [3.8, 4) is 0 Å². The largest absolute Gasteiger partial charge is 0.338 e. The Morgan fingerprint density at radius 3 is 1.93 bits per heavy atom.